The summed E-state index contributed by atoms with van der Waals surface area (Å²) in [6.07, 6.45) is 5.06. The summed E-state index contributed by atoms with van der Waals surface area (Å²) < 4.78 is 25.4. The van der Waals surface area contributed by atoms with E-state index in [4.69, 9.17) is 21.1 Å². The van der Waals surface area contributed by atoms with Crippen LogP contribution in [0, 0.1) is 5.82 Å². The quantitative estimate of drug-likeness (QED) is 0.391. The van der Waals surface area contributed by atoms with E-state index in [1.54, 1.807) is 12.1 Å². The summed E-state index contributed by atoms with van der Waals surface area (Å²) in [4.78, 5) is 11.0. The number of ether oxygens (including phenoxy) is 2. The van der Waals surface area contributed by atoms with Crippen molar-refractivity contribution >= 4 is 28.2 Å². The summed E-state index contributed by atoms with van der Waals surface area (Å²) in [5.74, 6) is 0.752. The van der Waals surface area contributed by atoms with E-state index in [1.807, 2.05) is 18.2 Å². The Kier molecular flexibility index (Phi) is 6.81. The highest BCUT2D eigenvalue weighted by molar-refractivity contribution is 6.30. The molecule has 0 spiro atoms. The van der Waals surface area contributed by atoms with E-state index in [1.165, 1.54) is 38.3 Å². The second kappa shape index (κ2) is 9.91. The third-order valence-corrected chi connectivity index (χ3v) is 5.30. The molecule has 1 N–H and O–H groups in total. The first-order valence-electron chi connectivity index (χ1n) is 10.1. The number of nitrogens with one attached hydrogen (secondary N) is 1. The molecule has 4 rings (SSSR count). The lowest BCUT2D eigenvalue weighted by Crippen LogP contribution is -2.21. The number of fused-ring (bicyclic) bond motifs is 1. The lowest BCUT2D eigenvalue weighted by atomic mass is 10.2. The highest BCUT2D eigenvalue weighted by Crippen LogP contribution is 2.26. The Morgan fingerprint density at radius 2 is 1.93 bits per heavy atom. The minimum atomic E-state index is -0.440. The summed E-state index contributed by atoms with van der Waals surface area (Å²) in [6.45, 7) is 4.21. The first-order chi connectivity index (χ1) is 14.7. The van der Waals surface area contributed by atoms with Crippen molar-refractivity contribution in [3.05, 3.63) is 53.6 Å². The minimum absolute atomic E-state index is 0.0550. The van der Waals surface area contributed by atoms with Crippen LogP contribution in [-0.4, -0.2) is 47.8 Å². The summed E-state index contributed by atoms with van der Waals surface area (Å²) in [7, 11) is 0. The standard InChI is InChI=1S/C22H24ClFN4O2/c23-16-4-7-20(19(24)12-16)27-15-30-22-18-6-5-17(13-21(18)25-14-26-22)29-11-3-10-28-8-1-2-9-28/h4-7,12-14,27H,1-3,8-11,15H2. The Morgan fingerprint density at radius 1 is 1.07 bits per heavy atom. The van der Waals surface area contributed by atoms with Gasteiger partial charge in [0.15, 0.2) is 6.73 Å². The van der Waals surface area contributed by atoms with Crippen LogP contribution in [0.5, 0.6) is 11.6 Å². The molecule has 0 aliphatic carbocycles. The number of aromatic nitrogens is 2. The molecule has 1 saturated heterocycles. The third-order valence-electron chi connectivity index (χ3n) is 5.06. The zero-order chi connectivity index (χ0) is 20.8. The van der Waals surface area contributed by atoms with Crippen molar-refractivity contribution in [2.75, 3.05) is 38.3 Å². The maximum absolute atomic E-state index is 13.8. The van der Waals surface area contributed by atoms with Gasteiger partial charge in [-0.15, -0.1) is 0 Å². The lowest BCUT2D eigenvalue weighted by Gasteiger charge is -2.14. The highest BCUT2D eigenvalue weighted by Gasteiger charge is 2.11. The van der Waals surface area contributed by atoms with Crippen LogP contribution in [-0.2, 0) is 0 Å². The smallest absolute Gasteiger partial charge is 0.226 e. The molecule has 6 nitrogen and oxygen atoms in total. The second-order valence-corrected chi connectivity index (χ2v) is 7.63. The molecule has 30 heavy (non-hydrogen) atoms. The van der Waals surface area contributed by atoms with Gasteiger partial charge in [0.05, 0.1) is 23.2 Å². The first kappa shape index (κ1) is 20.6. The van der Waals surface area contributed by atoms with Gasteiger partial charge in [-0.2, -0.15) is 0 Å². The number of anilines is 1. The number of nitrogens with zero attached hydrogens (tertiary/aromatic N) is 3. The number of likely N-dealkylation sites (tertiary alicyclic amines) is 1. The van der Waals surface area contributed by atoms with Gasteiger partial charge in [-0.1, -0.05) is 11.6 Å². The summed E-state index contributed by atoms with van der Waals surface area (Å²) in [5, 5.41) is 3.98. The van der Waals surface area contributed by atoms with Crippen molar-refractivity contribution in [1.29, 1.82) is 0 Å². The summed E-state index contributed by atoms with van der Waals surface area (Å²) in [5.41, 5.74) is 1.04. The minimum Gasteiger partial charge on any atom is -0.493 e. The molecule has 0 bridgehead atoms. The van der Waals surface area contributed by atoms with E-state index < -0.39 is 5.82 Å². The molecule has 0 amide bonds. The normalized spacial score (nSPS) is 14.2. The van der Waals surface area contributed by atoms with E-state index in [9.17, 15) is 4.39 Å². The Morgan fingerprint density at radius 3 is 2.77 bits per heavy atom. The fourth-order valence-electron chi connectivity index (χ4n) is 3.52. The fraction of sp³-hybridized carbons (Fsp3) is 0.364. The number of hydrogen-bond donors (Lipinski definition) is 1. The van der Waals surface area contributed by atoms with Crippen LogP contribution in [0.1, 0.15) is 19.3 Å². The molecule has 0 unspecified atom stereocenters. The summed E-state index contributed by atoms with van der Waals surface area (Å²) in [6, 6.07) is 10.1. The summed E-state index contributed by atoms with van der Waals surface area (Å²) >= 11 is 5.77. The second-order valence-electron chi connectivity index (χ2n) is 7.20. The van der Waals surface area contributed by atoms with Crippen molar-refractivity contribution in [3.8, 4) is 11.6 Å². The Labute approximate surface area is 180 Å². The number of hydrogen-bond acceptors (Lipinski definition) is 6. The lowest BCUT2D eigenvalue weighted by molar-refractivity contribution is 0.263. The van der Waals surface area contributed by atoms with Gasteiger partial charge in [0.25, 0.3) is 0 Å². The monoisotopic (exact) mass is 430 g/mol. The fourth-order valence-corrected chi connectivity index (χ4v) is 3.68. The first-order valence-corrected chi connectivity index (χ1v) is 10.5. The number of benzene rings is 2. The van der Waals surface area contributed by atoms with Crippen molar-refractivity contribution in [2.45, 2.75) is 19.3 Å². The van der Waals surface area contributed by atoms with Gasteiger partial charge in [-0.05, 0) is 62.7 Å². The molecule has 1 aliphatic rings. The van der Waals surface area contributed by atoms with Crippen LogP contribution in [0.2, 0.25) is 5.02 Å². The van der Waals surface area contributed by atoms with E-state index in [0.717, 1.165) is 29.6 Å². The average molecular weight is 431 g/mol. The largest absolute Gasteiger partial charge is 0.493 e. The molecule has 0 radical (unpaired) electrons. The van der Waals surface area contributed by atoms with Gasteiger partial charge in [-0.3, -0.25) is 0 Å². The zero-order valence-electron chi connectivity index (χ0n) is 16.6. The molecule has 158 valence electrons. The third kappa shape index (κ3) is 5.29. The van der Waals surface area contributed by atoms with Gasteiger partial charge in [-0.25, -0.2) is 14.4 Å². The van der Waals surface area contributed by atoms with Crippen LogP contribution in [0.15, 0.2) is 42.7 Å². The molecule has 0 atom stereocenters. The van der Waals surface area contributed by atoms with E-state index >= 15 is 0 Å². The van der Waals surface area contributed by atoms with E-state index in [2.05, 4.69) is 20.2 Å². The molecule has 1 fully saturated rings. The molecule has 3 aromatic rings. The van der Waals surface area contributed by atoms with Gasteiger partial charge in [0.2, 0.25) is 5.88 Å². The molecular formula is C22H24ClFN4O2. The predicted molar refractivity (Wildman–Crippen MR) is 116 cm³/mol. The van der Waals surface area contributed by atoms with Gasteiger partial charge >= 0.3 is 0 Å². The van der Waals surface area contributed by atoms with E-state index in [-0.39, 0.29) is 6.73 Å². The van der Waals surface area contributed by atoms with Crippen molar-refractivity contribution in [2.24, 2.45) is 0 Å². The van der Waals surface area contributed by atoms with Crippen LogP contribution in [0.25, 0.3) is 10.9 Å². The van der Waals surface area contributed by atoms with Gasteiger partial charge < -0.3 is 19.7 Å². The molecular weight excluding hydrogens is 407 g/mol. The van der Waals surface area contributed by atoms with Gasteiger partial charge in [0.1, 0.15) is 17.9 Å². The average Bonchev–Trinajstić information content (AvgIpc) is 3.26. The Bertz CT molecular complexity index is 998. The number of halogens is 2. The van der Waals surface area contributed by atoms with Crippen LogP contribution in [0.4, 0.5) is 10.1 Å². The van der Waals surface area contributed by atoms with Crippen molar-refractivity contribution in [3.63, 3.8) is 0 Å². The molecule has 1 aliphatic heterocycles. The maximum Gasteiger partial charge on any atom is 0.226 e. The van der Waals surface area contributed by atoms with E-state index in [0.29, 0.717) is 23.2 Å². The molecule has 0 saturated carbocycles. The van der Waals surface area contributed by atoms with Crippen LogP contribution >= 0.6 is 11.6 Å². The maximum atomic E-state index is 13.8. The Balaban J connectivity index is 1.32. The predicted octanol–water partition coefficient (Wildman–Crippen LogP) is 4.74. The molecule has 2 heterocycles. The molecule has 2 aromatic carbocycles. The molecule has 1 aromatic heterocycles. The molecule has 8 heteroatoms. The highest BCUT2D eigenvalue weighted by atomic mass is 35.5. The van der Waals surface area contributed by atoms with Gasteiger partial charge in [0, 0.05) is 17.6 Å². The zero-order valence-corrected chi connectivity index (χ0v) is 17.4. The van der Waals surface area contributed by atoms with Crippen LogP contribution < -0.4 is 14.8 Å². The van der Waals surface area contributed by atoms with Crippen LogP contribution in [0.3, 0.4) is 0 Å². The SMILES string of the molecule is Fc1cc(Cl)ccc1NCOc1ncnc2cc(OCCCN3CCCC3)ccc12. The number of rotatable bonds is 9. The van der Waals surface area contributed by atoms with Crippen molar-refractivity contribution < 1.29 is 13.9 Å². The van der Waals surface area contributed by atoms with Crippen molar-refractivity contribution in [1.82, 2.24) is 14.9 Å². The Hall–Kier alpha value is -2.64. The topological polar surface area (TPSA) is 59.5 Å².